The number of halogens is 7. The first-order valence-corrected chi connectivity index (χ1v) is 9.51. The first kappa shape index (κ1) is 15.5. The van der Waals surface area contributed by atoms with E-state index < -0.39 is 0 Å². The molecule has 0 aromatic heterocycles. The molecular weight excluding hydrogens is 526 g/mol. The summed E-state index contributed by atoms with van der Waals surface area (Å²) in [6.07, 6.45) is 2.15. The zero-order valence-corrected chi connectivity index (χ0v) is 16.8. The molecule has 0 saturated carbocycles. The van der Waals surface area contributed by atoms with Crippen LogP contribution in [0.1, 0.15) is 23.0 Å². The van der Waals surface area contributed by atoms with Gasteiger partial charge in [-0.25, -0.2) is 0 Å². The lowest BCUT2D eigenvalue weighted by Gasteiger charge is -2.44. The molecule has 0 saturated heterocycles. The molecule has 0 aliphatic heterocycles. The maximum absolute atomic E-state index is 6.40. The second-order valence-electron chi connectivity index (χ2n) is 4.53. The van der Waals surface area contributed by atoms with Crippen molar-refractivity contribution in [3.05, 3.63) is 41.8 Å². The van der Waals surface area contributed by atoms with E-state index in [1.54, 1.807) is 0 Å². The van der Waals surface area contributed by atoms with E-state index in [0.717, 1.165) is 15.6 Å². The highest BCUT2D eigenvalue weighted by molar-refractivity contribution is 9.12. The van der Waals surface area contributed by atoms with Gasteiger partial charge in [0.1, 0.15) is 0 Å². The molecule has 4 rings (SSSR count). The standard InChI is InChI=1S/C12H5Br3Cl4/c13-3-1-2-4-6(5(3)8(15)7(2)14)10(17)12(19)11(18)9(4)16/h1-2,5,7-8H/t2-,5+,7-,8-/m1/s1. The van der Waals surface area contributed by atoms with Gasteiger partial charge in [0.2, 0.25) is 0 Å². The lowest BCUT2D eigenvalue weighted by Crippen LogP contribution is -2.38. The van der Waals surface area contributed by atoms with Crippen molar-refractivity contribution in [3.8, 4) is 0 Å². The average molecular weight is 531 g/mol. The fourth-order valence-electron chi connectivity index (χ4n) is 2.74. The lowest BCUT2D eigenvalue weighted by molar-refractivity contribution is 0.592. The van der Waals surface area contributed by atoms with E-state index in [9.17, 15) is 0 Å². The van der Waals surface area contributed by atoms with Crippen LogP contribution < -0.4 is 0 Å². The van der Waals surface area contributed by atoms with Crippen LogP contribution in [0.4, 0.5) is 0 Å². The zero-order chi connectivity index (χ0) is 14.1. The summed E-state index contributed by atoms with van der Waals surface area (Å²) in [5, 5.41) is 1.65. The van der Waals surface area contributed by atoms with Gasteiger partial charge in [-0.1, -0.05) is 100 Å². The molecular formula is C12H5Br3Cl4. The Balaban J connectivity index is 2.39. The smallest absolute Gasteiger partial charge is 0.0796 e. The maximum atomic E-state index is 6.40. The molecule has 0 fully saturated rings. The van der Waals surface area contributed by atoms with Crippen LogP contribution in [0.15, 0.2) is 10.6 Å². The normalized spacial score (nSPS) is 32.3. The third kappa shape index (κ3) is 2.10. The molecule has 4 atom stereocenters. The Hall–Kier alpha value is 1.56. The predicted molar refractivity (Wildman–Crippen MR) is 94.4 cm³/mol. The molecule has 0 nitrogen and oxygen atoms in total. The van der Waals surface area contributed by atoms with Crippen molar-refractivity contribution in [1.29, 1.82) is 0 Å². The number of fused-ring (bicyclic) bond motifs is 1. The van der Waals surface area contributed by atoms with Crippen LogP contribution in [0, 0.1) is 0 Å². The van der Waals surface area contributed by atoms with E-state index in [-0.39, 0.29) is 21.5 Å². The Bertz CT molecular complexity index is 614. The molecule has 7 heteroatoms. The average Bonchev–Trinajstić information content (AvgIpc) is 2.38. The highest BCUT2D eigenvalue weighted by Crippen LogP contribution is 2.60. The molecule has 2 bridgehead atoms. The van der Waals surface area contributed by atoms with Crippen molar-refractivity contribution >= 4 is 94.2 Å². The SMILES string of the molecule is Clc1c(Cl)c(Cl)c2c(c1Cl)[C@H]1C=C(Br)[C@@H]2[C@@H](Br)[C@@H]1Br. The summed E-state index contributed by atoms with van der Waals surface area (Å²) in [6.45, 7) is 0. The van der Waals surface area contributed by atoms with Crippen molar-refractivity contribution in [3.63, 3.8) is 0 Å². The van der Waals surface area contributed by atoms with Crippen molar-refractivity contribution in [1.82, 2.24) is 0 Å². The maximum Gasteiger partial charge on any atom is 0.0796 e. The Labute approximate surface area is 156 Å². The first-order chi connectivity index (χ1) is 8.86. The van der Waals surface area contributed by atoms with E-state index in [0.29, 0.717) is 20.1 Å². The third-order valence-electron chi connectivity index (χ3n) is 3.59. The van der Waals surface area contributed by atoms with Crippen LogP contribution in [0.3, 0.4) is 0 Å². The molecule has 1 aromatic rings. The molecule has 102 valence electrons. The Kier molecular flexibility index (Phi) is 4.33. The molecule has 0 heterocycles. The molecule has 19 heavy (non-hydrogen) atoms. The third-order valence-corrected chi connectivity index (χ3v) is 9.12. The lowest BCUT2D eigenvalue weighted by atomic mass is 9.71. The van der Waals surface area contributed by atoms with E-state index in [1.165, 1.54) is 0 Å². The van der Waals surface area contributed by atoms with Crippen molar-refractivity contribution in [2.24, 2.45) is 0 Å². The molecule has 1 aromatic carbocycles. The molecule has 0 spiro atoms. The minimum atomic E-state index is 0.0872. The second-order valence-corrected chi connectivity index (χ2v) is 9.07. The monoisotopic (exact) mass is 526 g/mol. The fourth-order valence-corrected chi connectivity index (χ4v) is 6.62. The van der Waals surface area contributed by atoms with Crippen molar-refractivity contribution < 1.29 is 0 Å². The van der Waals surface area contributed by atoms with Gasteiger partial charge in [-0.05, 0) is 11.1 Å². The van der Waals surface area contributed by atoms with Gasteiger partial charge in [-0.15, -0.1) is 0 Å². The van der Waals surface area contributed by atoms with Gasteiger partial charge in [-0.3, -0.25) is 0 Å². The summed E-state index contributed by atoms with van der Waals surface area (Å²) in [5.74, 6) is 0.197. The molecule has 0 N–H and O–H groups in total. The van der Waals surface area contributed by atoms with Gasteiger partial charge in [0.25, 0.3) is 0 Å². The number of benzene rings is 1. The van der Waals surface area contributed by atoms with E-state index in [1.807, 2.05) is 0 Å². The number of rotatable bonds is 0. The fraction of sp³-hybridized carbons (Fsp3) is 0.333. The van der Waals surface area contributed by atoms with Gasteiger partial charge in [-0.2, -0.15) is 0 Å². The minimum absolute atomic E-state index is 0.0872. The Morgan fingerprint density at radius 1 is 0.789 bits per heavy atom. The molecule has 0 radical (unpaired) electrons. The van der Waals surface area contributed by atoms with Crippen LogP contribution in [0.5, 0.6) is 0 Å². The highest BCUT2D eigenvalue weighted by atomic mass is 79.9. The van der Waals surface area contributed by atoms with E-state index in [2.05, 4.69) is 53.9 Å². The van der Waals surface area contributed by atoms with Gasteiger partial charge in [0.15, 0.2) is 0 Å². The number of alkyl halides is 2. The van der Waals surface area contributed by atoms with Crippen LogP contribution in [0.25, 0.3) is 0 Å². The van der Waals surface area contributed by atoms with Crippen molar-refractivity contribution in [2.45, 2.75) is 21.5 Å². The van der Waals surface area contributed by atoms with Crippen LogP contribution in [0.2, 0.25) is 20.1 Å². The molecule has 3 aliphatic carbocycles. The topological polar surface area (TPSA) is 0 Å². The summed E-state index contributed by atoms with van der Waals surface area (Å²) in [4.78, 5) is 0.451. The number of hydrogen-bond donors (Lipinski definition) is 0. The first-order valence-electron chi connectivity index (χ1n) is 5.37. The van der Waals surface area contributed by atoms with Gasteiger partial charge >= 0.3 is 0 Å². The quantitative estimate of drug-likeness (QED) is 0.188. The number of allylic oxidation sites excluding steroid dienone is 2. The highest BCUT2D eigenvalue weighted by Gasteiger charge is 2.48. The predicted octanol–water partition coefficient (Wildman–Crippen LogP) is 7.30. The second kappa shape index (κ2) is 5.33. The van der Waals surface area contributed by atoms with Gasteiger partial charge in [0.05, 0.1) is 20.1 Å². The Morgan fingerprint density at radius 3 is 1.89 bits per heavy atom. The number of hydrogen-bond acceptors (Lipinski definition) is 0. The summed E-state index contributed by atoms with van der Waals surface area (Å²) in [7, 11) is 0. The summed E-state index contributed by atoms with van der Waals surface area (Å²) in [5.41, 5.74) is 1.95. The molecule has 0 amide bonds. The largest absolute Gasteiger partial charge is 0.0868 e. The zero-order valence-electron chi connectivity index (χ0n) is 9.03. The van der Waals surface area contributed by atoms with Gasteiger partial charge in [0, 0.05) is 26.0 Å². The van der Waals surface area contributed by atoms with E-state index in [4.69, 9.17) is 46.4 Å². The molecule has 0 unspecified atom stereocenters. The summed E-state index contributed by atoms with van der Waals surface area (Å²) < 4.78 is 1.10. The summed E-state index contributed by atoms with van der Waals surface area (Å²) >= 11 is 36.2. The Morgan fingerprint density at radius 2 is 1.32 bits per heavy atom. The van der Waals surface area contributed by atoms with Crippen LogP contribution in [-0.2, 0) is 0 Å². The van der Waals surface area contributed by atoms with Crippen LogP contribution in [-0.4, -0.2) is 9.65 Å². The summed E-state index contributed by atoms with van der Waals surface area (Å²) in [6, 6.07) is 0. The van der Waals surface area contributed by atoms with Gasteiger partial charge < -0.3 is 0 Å². The van der Waals surface area contributed by atoms with Crippen molar-refractivity contribution in [2.75, 3.05) is 0 Å². The van der Waals surface area contributed by atoms with Crippen LogP contribution >= 0.6 is 94.2 Å². The van der Waals surface area contributed by atoms with E-state index >= 15 is 0 Å². The molecule has 3 aliphatic rings. The minimum Gasteiger partial charge on any atom is -0.0868 e.